The number of oxazole rings is 1. The van der Waals surface area contributed by atoms with E-state index in [1.54, 1.807) is 36.6 Å². The monoisotopic (exact) mass is 476 g/mol. The van der Waals surface area contributed by atoms with E-state index in [1.165, 1.54) is 0 Å². The van der Waals surface area contributed by atoms with Gasteiger partial charge in [0, 0.05) is 27.6 Å². The zero-order valence-electron chi connectivity index (χ0n) is 17.7. The number of hydrogen-bond acceptors (Lipinski definition) is 6. The van der Waals surface area contributed by atoms with Gasteiger partial charge in [-0.05, 0) is 42.3 Å². The third-order valence-corrected chi connectivity index (χ3v) is 5.74. The Labute approximate surface area is 192 Å². The van der Waals surface area contributed by atoms with Crippen molar-refractivity contribution < 1.29 is 22.1 Å². The predicted octanol–water partition coefficient (Wildman–Crippen LogP) is 5.91. The smallest absolute Gasteiger partial charge is 0.444 e. The van der Waals surface area contributed by atoms with Gasteiger partial charge in [-0.25, -0.2) is 4.98 Å². The Balaban J connectivity index is 1.52. The highest BCUT2D eigenvalue weighted by Gasteiger charge is 2.38. The normalized spacial score (nSPS) is 13.3. The molecule has 0 fully saturated rings. The van der Waals surface area contributed by atoms with E-state index in [0.717, 1.165) is 11.1 Å². The highest BCUT2D eigenvalue weighted by molar-refractivity contribution is 6.30. The minimum absolute atomic E-state index is 0.138. The van der Waals surface area contributed by atoms with E-state index in [9.17, 15) is 13.2 Å². The van der Waals surface area contributed by atoms with E-state index >= 15 is 0 Å². The first-order valence-corrected chi connectivity index (χ1v) is 10.4. The predicted molar refractivity (Wildman–Crippen MR) is 116 cm³/mol. The Bertz CT molecular complexity index is 1250. The Kier molecular flexibility index (Phi) is 6.02. The number of rotatable bonds is 6. The van der Waals surface area contributed by atoms with Crippen molar-refractivity contribution in [1.82, 2.24) is 15.1 Å². The lowest BCUT2D eigenvalue weighted by atomic mass is 9.79. The van der Waals surface area contributed by atoms with Gasteiger partial charge in [0.05, 0.1) is 5.69 Å². The summed E-state index contributed by atoms with van der Waals surface area (Å²) in [7, 11) is 0. The Morgan fingerprint density at radius 1 is 1.03 bits per heavy atom. The molecule has 0 radical (unpaired) electrons. The molecule has 0 aliphatic carbocycles. The van der Waals surface area contributed by atoms with Gasteiger partial charge < -0.3 is 14.7 Å². The van der Waals surface area contributed by atoms with Crippen molar-refractivity contribution >= 4 is 11.6 Å². The van der Waals surface area contributed by atoms with Crippen LogP contribution in [-0.4, -0.2) is 21.2 Å². The third kappa shape index (κ3) is 4.94. The van der Waals surface area contributed by atoms with Gasteiger partial charge in [-0.3, -0.25) is 0 Å². The molecule has 0 aliphatic rings. The number of halogens is 4. The molecule has 1 atom stereocenters. The van der Waals surface area contributed by atoms with Gasteiger partial charge in [-0.15, -0.1) is 0 Å². The number of hydrogen-bond donors (Lipinski definition) is 1. The summed E-state index contributed by atoms with van der Waals surface area (Å²) in [6, 6.07) is 13.6. The Hall–Kier alpha value is -3.17. The molecule has 4 aromatic rings. The van der Waals surface area contributed by atoms with Crippen molar-refractivity contribution in [3.63, 3.8) is 0 Å². The highest BCUT2D eigenvalue weighted by Crippen LogP contribution is 2.32. The van der Waals surface area contributed by atoms with E-state index in [2.05, 4.69) is 19.6 Å². The molecule has 2 N–H and O–H groups in total. The fourth-order valence-corrected chi connectivity index (χ4v) is 3.41. The maximum absolute atomic E-state index is 12.8. The molecule has 0 saturated heterocycles. The van der Waals surface area contributed by atoms with Crippen LogP contribution in [0.25, 0.3) is 22.8 Å². The van der Waals surface area contributed by atoms with Crippen LogP contribution >= 0.6 is 11.6 Å². The summed E-state index contributed by atoms with van der Waals surface area (Å²) in [4.78, 5) is 8.05. The topological polar surface area (TPSA) is 91.0 Å². The van der Waals surface area contributed by atoms with Crippen LogP contribution in [0.5, 0.6) is 0 Å². The zero-order chi connectivity index (χ0) is 23.8. The maximum Gasteiger partial charge on any atom is 0.471 e. The van der Waals surface area contributed by atoms with Crippen molar-refractivity contribution in [3.8, 4) is 22.8 Å². The lowest BCUT2D eigenvalue weighted by Crippen LogP contribution is -2.42. The second kappa shape index (κ2) is 8.64. The summed E-state index contributed by atoms with van der Waals surface area (Å²) in [5.41, 5.74) is 8.68. The van der Waals surface area contributed by atoms with Crippen LogP contribution in [-0.2, 0) is 18.0 Å². The molecule has 10 heteroatoms. The fourth-order valence-electron chi connectivity index (χ4n) is 3.29. The first-order valence-electron chi connectivity index (χ1n) is 10.0. The van der Waals surface area contributed by atoms with Crippen LogP contribution in [0, 0.1) is 0 Å². The van der Waals surface area contributed by atoms with Crippen molar-refractivity contribution in [2.75, 3.05) is 0 Å². The number of benzene rings is 2. The van der Waals surface area contributed by atoms with Gasteiger partial charge in [0.2, 0.25) is 11.7 Å². The van der Waals surface area contributed by atoms with Gasteiger partial charge in [0.25, 0.3) is 0 Å². The fraction of sp³-hybridized carbons (Fsp3) is 0.261. The van der Waals surface area contributed by atoms with Gasteiger partial charge >= 0.3 is 12.1 Å². The van der Waals surface area contributed by atoms with E-state index in [1.807, 2.05) is 32.0 Å². The summed E-state index contributed by atoms with van der Waals surface area (Å²) in [5.74, 6) is -1.06. The van der Waals surface area contributed by atoms with Crippen LogP contribution in [0.4, 0.5) is 13.2 Å². The van der Waals surface area contributed by atoms with Gasteiger partial charge in [0.15, 0.2) is 0 Å². The largest absolute Gasteiger partial charge is 0.471 e. The van der Waals surface area contributed by atoms with Crippen LogP contribution in [0.15, 0.2) is 63.7 Å². The van der Waals surface area contributed by atoms with Crippen LogP contribution < -0.4 is 5.73 Å². The molecule has 2 heterocycles. The zero-order valence-corrected chi connectivity index (χ0v) is 18.5. The van der Waals surface area contributed by atoms with Crippen molar-refractivity contribution in [3.05, 3.63) is 77.0 Å². The molecule has 2 aromatic heterocycles. The minimum Gasteiger partial charge on any atom is -0.444 e. The molecule has 0 amide bonds. The molecule has 6 nitrogen and oxygen atoms in total. The number of alkyl halides is 3. The summed E-state index contributed by atoms with van der Waals surface area (Å²) in [5, 5.41) is 4.05. The van der Waals surface area contributed by atoms with Gasteiger partial charge in [-0.1, -0.05) is 48.8 Å². The number of nitrogens with two attached hydrogens (primary N) is 1. The van der Waals surface area contributed by atoms with E-state index in [0.29, 0.717) is 28.6 Å². The van der Waals surface area contributed by atoms with Gasteiger partial charge in [-0.2, -0.15) is 18.2 Å². The molecule has 172 valence electrons. The molecule has 2 aromatic carbocycles. The lowest BCUT2D eigenvalue weighted by molar-refractivity contribution is -0.159. The summed E-state index contributed by atoms with van der Waals surface area (Å²) in [6.07, 6.45) is -2.68. The van der Waals surface area contributed by atoms with Gasteiger partial charge in [0.1, 0.15) is 6.26 Å². The maximum atomic E-state index is 12.8. The first kappa shape index (κ1) is 23.0. The first-order chi connectivity index (χ1) is 15.5. The van der Waals surface area contributed by atoms with E-state index in [-0.39, 0.29) is 11.9 Å². The highest BCUT2D eigenvalue weighted by atomic mass is 35.5. The Morgan fingerprint density at radius 3 is 2.42 bits per heavy atom. The van der Waals surface area contributed by atoms with Crippen molar-refractivity contribution in [1.29, 1.82) is 0 Å². The molecule has 33 heavy (non-hydrogen) atoms. The minimum atomic E-state index is -4.70. The molecular weight excluding hydrogens is 457 g/mol. The van der Waals surface area contributed by atoms with E-state index < -0.39 is 17.5 Å². The Morgan fingerprint density at radius 2 is 1.76 bits per heavy atom. The van der Waals surface area contributed by atoms with Crippen LogP contribution in [0.1, 0.15) is 31.0 Å². The molecular formula is C23H20ClF3N4O2. The van der Waals surface area contributed by atoms with E-state index in [4.69, 9.17) is 21.8 Å². The second-order valence-electron chi connectivity index (χ2n) is 8.20. The summed E-state index contributed by atoms with van der Waals surface area (Å²) < 4.78 is 48.2. The number of nitrogens with zero attached hydrogens (tertiary/aromatic N) is 3. The molecule has 4 rings (SSSR count). The summed E-state index contributed by atoms with van der Waals surface area (Å²) >= 11 is 5.94. The van der Waals surface area contributed by atoms with Crippen molar-refractivity contribution in [2.24, 2.45) is 5.73 Å². The van der Waals surface area contributed by atoms with Crippen LogP contribution in [0.2, 0.25) is 5.02 Å². The summed E-state index contributed by atoms with van der Waals surface area (Å²) in [6.45, 7) is 3.92. The molecule has 0 saturated carbocycles. The average molecular weight is 477 g/mol. The standard InChI is InChI=1S/C23H20ClF3N4O2/c1-22(2,18-12-32-20(29-18)14-6-8-16(24)9-7-14)17(28)11-13-4-3-5-15(10-13)19-30-21(33-31-19)23(25,26)27/h3-10,12,17H,11,28H2,1-2H3. The SMILES string of the molecule is CC(C)(c1coc(-c2ccc(Cl)cc2)n1)C(N)Cc1cccc(-c2noc(C(F)(F)F)n2)c1. The third-order valence-electron chi connectivity index (χ3n) is 5.49. The average Bonchev–Trinajstić information content (AvgIpc) is 3.45. The quantitative estimate of drug-likeness (QED) is 0.372. The lowest BCUT2D eigenvalue weighted by Gasteiger charge is -2.29. The van der Waals surface area contributed by atoms with Crippen LogP contribution in [0.3, 0.4) is 0 Å². The number of aromatic nitrogens is 3. The molecule has 1 unspecified atom stereocenters. The van der Waals surface area contributed by atoms with Crippen molar-refractivity contribution in [2.45, 2.75) is 37.9 Å². The molecule has 0 spiro atoms. The second-order valence-corrected chi connectivity index (χ2v) is 8.63. The molecule has 0 bridgehead atoms. The molecule has 0 aliphatic heterocycles.